The van der Waals surface area contributed by atoms with E-state index in [9.17, 15) is 9.59 Å². The molecule has 1 aliphatic rings. The molecule has 240 valence electrons. The minimum absolute atomic E-state index is 0.0903. The molecule has 1 N–H and O–H groups in total. The number of aromatic nitrogens is 3. The molecule has 0 bridgehead atoms. The number of aryl methyl sites for hydroxylation is 2. The molecule has 0 spiro atoms. The average Bonchev–Trinajstić information content (AvgIpc) is 3.88. The van der Waals surface area contributed by atoms with Crippen LogP contribution in [0.2, 0.25) is 0 Å². The Morgan fingerprint density at radius 1 is 0.957 bits per heavy atom. The molecule has 0 saturated carbocycles. The molecular weight excluding hydrogens is 633 g/mol. The van der Waals surface area contributed by atoms with Crippen molar-refractivity contribution in [3.8, 4) is 17.2 Å². The van der Waals surface area contributed by atoms with Crippen LogP contribution in [-0.2, 0) is 11.3 Å². The van der Waals surface area contributed by atoms with Crippen molar-refractivity contribution in [3.63, 3.8) is 0 Å². The highest BCUT2D eigenvalue weighted by Gasteiger charge is 2.34. The molecule has 2 amide bonds. The lowest BCUT2D eigenvalue weighted by molar-refractivity contribution is -0.130. The molecule has 12 heteroatoms. The number of carbonyl (C=O) groups excluding carboxylic acids is 2. The number of benzene rings is 3. The summed E-state index contributed by atoms with van der Waals surface area (Å²) in [6, 6.07) is 24.6. The van der Waals surface area contributed by atoms with Gasteiger partial charge in [-0.25, -0.2) is 5.01 Å². The van der Waals surface area contributed by atoms with Crippen molar-refractivity contribution in [2.75, 3.05) is 20.0 Å². The van der Waals surface area contributed by atoms with Gasteiger partial charge < -0.3 is 14.8 Å². The Kier molecular flexibility index (Phi) is 9.69. The lowest BCUT2D eigenvalue weighted by Crippen LogP contribution is -2.28. The maximum Gasteiger partial charge on any atom is 0.253 e. The van der Waals surface area contributed by atoms with Crippen LogP contribution in [-0.4, -0.2) is 57.3 Å². The molecule has 1 aliphatic heterocycles. The summed E-state index contributed by atoms with van der Waals surface area (Å²) in [5.41, 5.74) is 5.28. The summed E-state index contributed by atoms with van der Waals surface area (Å²) >= 11 is 2.90. The van der Waals surface area contributed by atoms with Crippen LogP contribution in [0.25, 0.3) is 5.69 Å². The van der Waals surface area contributed by atoms with Gasteiger partial charge in [-0.2, -0.15) is 5.10 Å². The molecule has 3 heterocycles. The maximum atomic E-state index is 13.9. The van der Waals surface area contributed by atoms with E-state index in [0.717, 1.165) is 38.7 Å². The summed E-state index contributed by atoms with van der Waals surface area (Å²) in [5.74, 6) is 1.57. The van der Waals surface area contributed by atoms with Crippen molar-refractivity contribution in [1.82, 2.24) is 25.1 Å². The fraction of sp³-hybridized carbons (Fsp3) is 0.229. The minimum Gasteiger partial charge on any atom is -0.497 e. The Bertz CT molecular complexity index is 1920. The fourth-order valence-corrected chi connectivity index (χ4v) is 6.88. The van der Waals surface area contributed by atoms with Gasteiger partial charge in [0.2, 0.25) is 0 Å². The van der Waals surface area contributed by atoms with Crippen LogP contribution in [0, 0.1) is 13.8 Å². The predicted octanol–water partition coefficient (Wildman–Crippen LogP) is 6.36. The van der Waals surface area contributed by atoms with E-state index in [1.807, 2.05) is 72.3 Å². The molecule has 47 heavy (non-hydrogen) atoms. The maximum absolute atomic E-state index is 13.9. The molecule has 5 aromatic rings. The Balaban J connectivity index is 1.25. The van der Waals surface area contributed by atoms with Crippen LogP contribution in [0.15, 0.2) is 94.5 Å². The predicted molar refractivity (Wildman–Crippen MR) is 184 cm³/mol. The summed E-state index contributed by atoms with van der Waals surface area (Å²) in [7, 11) is 3.19. The van der Waals surface area contributed by atoms with E-state index >= 15 is 0 Å². The number of methoxy groups -OCH3 is 2. The Hall–Kier alpha value is -4.94. The fourth-order valence-electron chi connectivity index (χ4n) is 5.35. The van der Waals surface area contributed by atoms with Crippen molar-refractivity contribution < 1.29 is 19.1 Å². The Morgan fingerprint density at radius 3 is 2.51 bits per heavy atom. The average molecular weight is 667 g/mol. The molecule has 0 aliphatic carbocycles. The molecular formula is C35H34N6O4S2. The standard InChI is InChI=1S/C35H34N6O4S2/c1-22-10-11-23(2)29(17-22)40-32(20-36-34(43)25-7-5-8-27(18-25)45-4)37-38-35(40)47-21-33(42)41-30(24-12-14-26(44-3)15-13-24)19-28(39-41)31-9-6-16-46-31/h5-18,30H,19-21H2,1-4H3,(H,36,43)/t30-/m0/s1. The summed E-state index contributed by atoms with van der Waals surface area (Å²) in [5, 5.41) is 20.8. The van der Waals surface area contributed by atoms with Gasteiger partial charge in [0.25, 0.3) is 11.8 Å². The highest BCUT2D eigenvalue weighted by Crippen LogP contribution is 2.35. The van der Waals surface area contributed by atoms with Crippen LogP contribution >= 0.6 is 23.1 Å². The van der Waals surface area contributed by atoms with E-state index in [0.29, 0.717) is 28.7 Å². The lowest BCUT2D eigenvalue weighted by Gasteiger charge is -2.22. The van der Waals surface area contributed by atoms with E-state index in [-0.39, 0.29) is 30.2 Å². The van der Waals surface area contributed by atoms with Crippen LogP contribution in [0.5, 0.6) is 11.5 Å². The quantitative estimate of drug-likeness (QED) is 0.163. The number of hydrogen-bond donors (Lipinski definition) is 1. The monoisotopic (exact) mass is 666 g/mol. The third-order valence-electron chi connectivity index (χ3n) is 7.84. The third kappa shape index (κ3) is 7.08. The molecule has 0 unspecified atom stereocenters. The minimum atomic E-state index is -0.262. The van der Waals surface area contributed by atoms with Gasteiger partial charge in [-0.1, -0.05) is 48.2 Å². The highest BCUT2D eigenvalue weighted by molar-refractivity contribution is 7.99. The van der Waals surface area contributed by atoms with Crippen LogP contribution in [0.1, 0.15) is 50.2 Å². The van der Waals surface area contributed by atoms with E-state index in [1.165, 1.54) is 11.8 Å². The summed E-state index contributed by atoms with van der Waals surface area (Å²) in [4.78, 5) is 28.0. The second kappa shape index (κ2) is 14.2. The highest BCUT2D eigenvalue weighted by atomic mass is 32.2. The Labute approximate surface area is 281 Å². The molecule has 2 aromatic heterocycles. The number of thioether (sulfide) groups is 1. The van der Waals surface area contributed by atoms with Gasteiger partial charge in [-0.15, -0.1) is 21.5 Å². The summed E-state index contributed by atoms with van der Waals surface area (Å²) in [6.07, 6.45) is 0.610. The van der Waals surface area contributed by atoms with Crippen molar-refractivity contribution >= 4 is 40.6 Å². The number of nitrogens with one attached hydrogen (secondary N) is 1. The van der Waals surface area contributed by atoms with Gasteiger partial charge in [-0.05, 0) is 78.4 Å². The Morgan fingerprint density at radius 2 is 1.77 bits per heavy atom. The summed E-state index contributed by atoms with van der Waals surface area (Å²) < 4.78 is 12.5. The van der Waals surface area contributed by atoms with Crippen molar-refractivity contribution in [2.24, 2.45) is 5.10 Å². The second-order valence-corrected chi connectivity index (χ2v) is 12.9. The molecule has 10 nitrogen and oxygen atoms in total. The number of amides is 2. The number of ether oxygens (including phenoxy) is 2. The molecule has 6 rings (SSSR count). The zero-order valence-electron chi connectivity index (χ0n) is 26.5. The zero-order chi connectivity index (χ0) is 32.9. The molecule has 1 atom stereocenters. The number of hydrogen-bond acceptors (Lipinski definition) is 9. The first-order valence-corrected chi connectivity index (χ1v) is 16.9. The first-order chi connectivity index (χ1) is 22.8. The van der Waals surface area contributed by atoms with E-state index in [4.69, 9.17) is 14.6 Å². The normalized spacial score (nSPS) is 14.2. The summed E-state index contributed by atoms with van der Waals surface area (Å²) in [6.45, 7) is 4.16. The van der Waals surface area contributed by atoms with Gasteiger partial charge in [0.1, 0.15) is 11.5 Å². The number of hydrazone groups is 1. The number of thiophene rings is 1. The van der Waals surface area contributed by atoms with Crippen molar-refractivity contribution in [3.05, 3.63) is 117 Å². The van der Waals surface area contributed by atoms with Gasteiger partial charge in [0, 0.05) is 12.0 Å². The molecule has 0 saturated heterocycles. The molecule has 0 radical (unpaired) electrons. The SMILES string of the molecule is COc1ccc([C@@H]2CC(c3cccs3)=NN2C(=O)CSc2nnc(CNC(=O)c3cccc(OC)c3)n2-c2cc(C)ccc2C)cc1. The number of nitrogens with zero attached hydrogens (tertiary/aromatic N) is 5. The van der Waals surface area contributed by atoms with E-state index in [1.54, 1.807) is 54.8 Å². The van der Waals surface area contributed by atoms with Gasteiger partial charge >= 0.3 is 0 Å². The first-order valence-electron chi connectivity index (χ1n) is 15.0. The van der Waals surface area contributed by atoms with Crippen LogP contribution < -0.4 is 14.8 Å². The van der Waals surface area contributed by atoms with Gasteiger partial charge in [0.05, 0.1) is 48.8 Å². The lowest BCUT2D eigenvalue weighted by atomic mass is 10.0. The molecule has 0 fully saturated rings. The first kappa shape index (κ1) is 32.0. The van der Waals surface area contributed by atoms with Crippen molar-refractivity contribution in [2.45, 2.75) is 38.0 Å². The van der Waals surface area contributed by atoms with Gasteiger partial charge in [-0.3, -0.25) is 14.2 Å². The third-order valence-corrected chi connectivity index (χ3v) is 9.67. The van der Waals surface area contributed by atoms with Crippen LogP contribution in [0.3, 0.4) is 0 Å². The molecule has 3 aromatic carbocycles. The topological polar surface area (TPSA) is 111 Å². The smallest absolute Gasteiger partial charge is 0.253 e. The number of carbonyl (C=O) groups is 2. The van der Waals surface area contributed by atoms with E-state index in [2.05, 4.69) is 21.6 Å². The zero-order valence-corrected chi connectivity index (χ0v) is 28.1. The van der Waals surface area contributed by atoms with E-state index < -0.39 is 0 Å². The van der Waals surface area contributed by atoms with Gasteiger partial charge in [0.15, 0.2) is 11.0 Å². The number of rotatable bonds is 11. The van der Waals surface area contributed by atoms with Crippen molar-refractivity contribution in [1.29, 1.82) is 0 Å². The second-order valence-electron chi connectivity index (χ2n) is 11.0. The largest absolute Gasteiger partial charge is 0.497 e. The van der Waals surface area contributed by atoms with Crippen LogP contribution in [0.4, 0.5) is 0 Å².